The van der Waals surface area contributed by atoms with Crippen LogP contribution in [0, 0.1) is 0 Å². The van der Waals surface area contributed by atoms with Crippen molar-refractivity contribution in [1.29, 1.82) is 0 Å². The van der Waals surface area contributed by atoms with Crippen LogP contribution in [0.2, 0.25) is 5.02 Å². The van der Waals surface area contributed by atoms with Crippen molar-refractivity contribution >= 4 is 43.2 Å². The van der Waals surface area contributed by atoms with Crippen LogP contribution in [0.5, 0.6) is 0 Å². The second-order valence-corrected chi connectivity index (χ2v) is 7.59. The highest BCUT2D eigenvalue weighted by atomic mass is 79.9. The first kappa shape index (κ1) is 16.3. The smallest absolute Gasteiger partial charge is 0.242 e. The van der Waals surface area contributed by atoms with Crippen molar-refractivity contribution in [2.24, 2.45) is 0 Å². The van der Waals surface area contributed by atoms with Gasteiger partial charge in [0.1, 0.15) is 4.90 Å². The Bertz CT molecular complexity index is 748. The largest absolute Gasteiger partial charge is 0.399 e. The van der Waals surface area contributed by atoms with Gasteiger partial charge in [0.25, 0.3) is 0 Å². The Labute approximate surface area is 137 Å². The van der Waals surface area contributed by atoms with Crippen molar-refractivity contribution in [3.63, 3.8) is 0 Å². The molecule has 2 aromatic carbocycles. The molecule has 21 heavy (non-hydrogen) atoms. The van der Waals surface area contributed by atoms with E-state index in [-0.39, 0.29) is 16.0 Å². The van der Waals surface area contributed by atoms with Crippen LogP contribution in [-0.4, -0.2) is 8.42 Å². The fourth-order valence-electron chi connectivity index (χ4n) is 1.85. The molecule has 0 amide bonds. The molecule has 0 saturated carbocycles. The highest BCUT2D eigenvalue weighted by Gasteiger charge is 2.21. The maximum atomic E-state index is 12.4. The predicted molar refractivity (Wildman–Crippen MR) is 88.7 cm³/mol. The van der Waals surface area contributed by atoms with Gasteiger partial charge in [-0.1, -0.05) is 39.7 Å². The molecule has 112 valence electrons. The van der Waals surface area contributed by atoms with Gasteiger partial charge >= 0.3 is 0 Å². The topological polar surface area (TPSA) is 72.2 Å². The van der Waals surface area contributed by atoms with Gasteiger partial charge in [-0.3, -0.25) is 0 Å². The molecule has 0 aromatic heterocycles. The fourth-order valence-corrected chi connectivity index (χ4v) is 3.90. The van der Waals surface area contributed by atoms with Gasteiger partial charge in [0, 0.05) is 16.2 Å². The lowest BCUT2D eigenvalue weighted by Crippen LogP contribution is -2.27. The van der Waals surface area contributed by atoms with E-state index in [1.807, 2.05) is 24.3 Å². The Morgan fingerprint density at radius 3 is 2.38 bits per heavy atom. The van der Waals surface area contributed by atoms with E-state index in [1.165, 1.54) is 18.2 Å². The van der Waals surface area contributed by atoms with Gasteiger partial charge in [-0.2, -0.15) is 0 Å². The van der Waals surface area contributed by atoms with Crippen LogP contribution in [-0.2, 0) is 10.0 Å². The molecule has 0 aliphatic carbocycles. The summed E-state index contributed by atoms with van der Waals surface area (Å²) in [6.45, 7) is 1.77. The summed E-state index contributed by atoms with van der Waals surface area (Å²) in [6, 6.07) is 11.4. The van der Waals surface area contributed by atoms with E-state index in [2.05, 4.69) is 20.7 Å². The zero-order valence-corrected chi connectivity index (χ0v) is 14.3. The maximum Gasteiger partial charge on any atom is 0.242 e. The monoisotopic (exact) mass is 388 g/mol. The van der Waals surface area contributed by atoms with Gasteiger partial charge in [0.15, 0.2) is 0 Å². The Balaban J connectivity index is 2.26. The van der Waals surface area contributed by atoms with Gasteiger partial charge in [0.05, 0.1) is 5.02 Å². The lowest BCUT2D eigenvalue weighted by atomic mass is 10.1. The normalized spacial score (nSPS) is 13.1. The molecule has 7 heteroatoms. The van der Waals surface area contributed by atoms with Crippen LogP contribution in [0.25, 0.3) is 0 Å². The molecule has 0 bridgehead atoms. The van der Waals surface area contributed by atoms with Crippen LogP contribution in [0.4, 0.5) is 5.69 Å². The summed E-state index contributed by atoms with van der Waals surface area (Å²) < 4.78 is 28.3. The van der Waals surface area contributed by atoms with Gasteiger partial charge in [-0.25, -0.2) is 13.1 Å². The molecule has 0 aliphatic rings. The minimum atomic E-state index is -3.71. The average molecular weight is 390 g/mol. The van der Waals surface area contributed by atoms with Crippen LogP contribution < -0.4 is 10.5 Å². The zero-order valence-electron chi connectivity index (χ0n) is 11.2. The number of anilines is 1. The van der Waals surface area contributed by atoms with E-state index in [9.17, 15) is 8.42 Å². The third-order valence-electron chi connectivity index (χ3n) is 2.95. The summed E-state index contributed by atoms with van der Waals surface area (Å²) in [6.07, 6.45) is 0. The Morgan fingerprint density at radius 1 is 1.19 bits per heavy atom. The van der Waals surface area contributed by atoms with E-state index < -0.39 is 10.0 Å². The van der Waals surface area contributed by atoms with E-state index in [1.54, 1.807) is 6.92 Å². The SMILES string of the molecule is CC(NS(=O)(=O)c1ccc(N)cc1Cl)c1ccc(Br)cc1. The molecule has 0 spiro atoms. The number of sulfonamides is 1. The second-order valence-electron chi connectivity index (χ2n) is 4.58. The third kappa shape index (κ3) is 3.97. The molecule has 3 N–H and O–H groups in total. The summed E-state index contributed by atoms with van der Waals surface area (Å²) in [4.78, 5) is 0.0160. The third-order valence-corrected chi connectivity index (χ3v) is 5.50. The molecule has 1 atom stereocenters. The highest BCUT2D eigenvalue weighted by molar-refractivity contribution is 9.10. The number of benzene rings is 2. The summed E-state index contributed by atoms with van der Waals surface area (Å²) >= 11 is 9.30. The molecule has 4 nitrogen and oxygen atoms in total. The summed E-state index contributed by atoms with van der Waals surface area (Å²) in [7, 11) is -3.71. The Morgan fingerprint density at radius 2 is 1.81 bits per heavy atom. The molecule has 2 rings (SSSR count). The molecular formula is C14H14BrClN2O2S. The summed E-state index contributed by atoms with van der Waals surface area (Å²) in [5.41, 5.74) is 6.84. The van der Waals surface area contributed by atoms with Crippen molar-refractivity contribution < 1.29 is 8.42 Å². The standard InChI is InChI=1S/C14H14BrClN2O2S/c1-9(10-2-4-11(15)5-3-10)18-21(19,20)14-7-6-12(17)8-13(14)16/h2-9,18H,17H2,1H3. The van der Waals surface area contributed by atoms with Crippen molar-refractivity contribution in [3.05, 3.63) is 57.5 Å². The van der Waals surface area contributed by atoms with Gasteiger partial charge < -0.3 is 5.73 Å². The Hall–Kier alpha value is -1.08. The van der Waals surface area contributed by atoms with Crippen LogP contribution >= 0.6 is 27.5 Å². The maximum absolute atomic E-state index is 12.4. The van der Waals surface area contributed by atoms with Crippen molar-refractivity contribution in [1.82, 2.24) is 4.72 Å². The van der Waals surface area contributed by atoms with E-state index >= 15 is 0 Å². The van der Waals surface area contributed by atoms with Gasteiger partial charge in [0.2, 0.25) is 10.0 Å². The number of nitrogens with two attached hydrogens (primary N) is 1. The molecule has 1 unspecified atom stereocenters. The number of hydrogen-bond acceptors (Lipinski definition) is 3. The van der Waals surface area contributed by atoms with Crippen molar-refractivity contribution in [3.8, 4) is 0 Å². The summed E-state index contributed by atoms with van der Waals surface area (Å²) in [5.74, 6) is 0. The lowest BCUT2D eigenvalue weighted by molar-refractivity contribution is 0.567. The minimum Gasteiger partial charge on any atom is -0.399 e. The lowest BCUT2D eigenvalue weighted by Gasteiger charge is -2.15. The molecule has 0 heterocycles. The van der Waals surface area contributed by atoms with E-state index in [4.69, 9.17) is 17.3 Å². The molecule has 0 aliphatic heterocycles. The summed E-state index contributed by atoms with van der Waals surface area (Å²) in [5, 5.41) is 0.102. The second kappa shape index (κ2) is 6.36. The number of nitrogen functional groups attached to an aromatic ring is 1. The Kier molecular flexibility index (Phi) is 4.93. The minimum absolute atomic E-state index is 0.0160. The van der Waals surface area contributed by atoms with Gasteiger partial charge in [-0.05, 0) is 42.8 Å². The molecule has 0 saturated heterocycles. The predicted octanol–water partition coefficient (Wildman–Crippen LogP) is 3.72. The van der Waals surface area contributed by atoms with Gasteiger partial charge in [-0.15, -0.1) is 0 Å². The molecule has 0 radical (unpaired) electrons. The number of rotatable bonds is 4. The number of nitrogens with one attached hydrogen (secondary N) is 1. The van der Waals surface area contributed by atoms with E-state index in [0.717, 1.165) is 10.0 Å². The number of halogens is 2. The number of hydrogen-bond donors (Lipinski definition) is 2. The quantitative estimate of drug-likeness (QED) is 0.783. The molecule has 0 fully saturated rings. The van der Waals surface area contributed by atoms with Crippen LogP contribution in [0.3, 0.4) is 0 Å². The highest BCUT2D eigenvalue weighted by Crippen LogP contribution is 2.25. The molecular weight excluding hydrogens is 376 g/mol. The van der Waals surface area contributed by atoms with Crippen LogP contribution in [0.15, 0.2) is 51.8 Å². The van der Waals surface area contributed by atoms with Crippen molar-refractivity contribution in [2.45, 2.75) is 17.9 Å². The average Bonchev–Trinajstić information content (AvgIpc) is 2.38. The first-order valence-electron chi connectivity index (χ1n) is 6.12. The fraction of sp³-hybridized carbons (Fsp3) is 0.143. The first-order chi connectivity index (χ1) is 9.79. The first-order valence-corrected chi connectivity index (χ1v) is 8.78. The molecule has 2 aromatic rings. The zero-order chi connectivity index (χ0) is 15.6. The van der Waals surface area contributed by atoms with E-state index in [0.29, 0.717) is 5.69 Å². The van der Waals surface area contributed by atoms with Crippen LogP contribution in [0.1, 0.15) is 18.5 Å². The van der Waals surface area contributed by atoms with Crippen molar-refractivity contribution in [2.75, 3.05) is 5.73 Å².